The Hall–Kier alpha value is -2.54. The molecule has 28 heavy (non-hydrogen) atoms. The van der Waals surface area contributed by atoms with Gasteiger partial charge in [-0.05, 0) is 51.9 Å². The molecule has 1 aromatic carbocycles. The molecule has 0 radical (unpaired) electrons. The van der Waals surface area contributed by atoms with Crippen LogP contribution in [0.15, 0.2) is 24.5 Å². The molecule has 2 aromatic rings. The van der Waals surface area contributed by atoms with Crippen molar-refractivity contribution in [3.05, 3.63) is 35.9 Å². The van der Waals surface area contributed by atoms with Crippen molar-refractivity contribution >= 4 is 11.6 Å². The van der Waals surface area contributed by atoms with Crippen LogP contribution in [0.1, 0.15) is 24.2 Å². The van der Waals surface area contributed by atoms with E-state index in [9.17, 15) is 9.18 Å². The van der Waals surface area contributed by atoms with Gasteiger partial charge in [-0.3, -0.25) is 4.79 Å². The van der Waals surface area contributed by atoms with Gasteiger partial charge in [-0.1, -0.05) is 0 Å². The fraction of sp³-hybridized carbons (Fsp3) is 0.476. The fourth-order valence-corrected chi connectivity index (χ4v) is 3.07. The molecule has 0 spiro atoms. The lowest BCUT2D eigenvalue weighted by molar-refractivity contribution is -0.117. The number of carbonyl (C=O) groups excluding carboxylic acids is 1. The molecule has 0 unspecified atom stereocenters. The predicted octanol–water partition coefficient (Wildman–Crippen LogP) is 3.39. The van der Waals surface area contributed by atoms with Crippen LogP contribution in [0, 0.1) is 19.8 Å². The minimum absolute atomic E-state index is 0.0604. The van der Waals surface area contributed by atoms with E-state index in [2.05, 4.69) is 15.3 Å². The van der Waals surface area contributed by atoms with Crippen LogP contribution in [0.3, 0.4) is 0 Å². The molecular weight excluding hydrogens is 359 g/mol. The Morgan fingerprint density at radius 3 is 2.61 bits per heavy atom. The van der Waals surface area contributed by atoms with Crippen molar-refractivity contribution in [2.75, 3.05) is 38.7 Å². The smallest absolute Gasteiger partial charge is 0.227 e. The monoisotopic (exact) mass is 386 g/mol. The number of carbonyl (C=O) groups is 1. The Morgan fingerprint density at radius 2 is 1.96 bits per heavy atom. The number of aryl methyl sites for hydroxylation is 2. The molecule has 3 rings (SSSR count). The van der Waals surface area contributed by atoms with Gasteiger partial charge in [-0.2, -0.15) is 0 Å². The fourth-order valence-electron chi connectivity index (χ4n) is 3.07. The quantitative estimate of drug-likeness (QED) is 0.716. The number of ether oxygens (including phenoxy) is 1. The van der Waals surface area contributed by atoms with Gasteiger partial charge < -0.3 is 15.0 Å². The van der Waals surface area contributed by atoms with Crippen LogP contribution in [0.5, 0.6) is 5.75 Å². The first-order valence-electron chi connectivity index (χ1n) is 9.60. The van der Waals surface area contributed by atoms with Gasteiger partial charge in [0.25, 0.3) is 0 Å². The van der Waals surface area contributed by atoms with Crippen molar-refractivity contribution in [1.29, 1.82) is 0 Å². The number of anilines is 1. The van der Waals surface area contributed by atoms with Crippen molar-refractivity contribution in [1.82, 2.24) is 14.9 Å². The van der Waals surface area contributed by atoms with Crippen LogP contribution < -0.4 is 10.1 Å². The second kappa shape index (κ2) is 9.10. The molecule has 1 aromatic heterocycles. The lowest BCUT2D eigenvalue weighted by atomic mass is 10.0. The SMILES string of the molecule is Cc1ncnc(C)c1-c1cc(NC(=O)C2CC2)ccc1OCCN(C)CCF. The lowest BCUT2D eigenvalue weighted by Crippen LogP contribution is -2.26. The summed E-state index contributed by atoms with van der Waals surface area (Å²) in [5.41, 5.74) is 4.17. The molecule has 1 aliphatic carbocycles. The second-order valence-electron chi connectivity index (χ2n) is 7.23. The largest absolute Gasteiger partial charge is 0.492 e. The number of hydrogen-bond acceptors (Lipinski definition) is 5. The molecule has 1 saturated carbocycles. The topological polar surface area (TPSA) is 67.3 Å². The number of hydrogen-bond donors (Lipinski definition) is 1. The Labute approximate surface area is 165 Å². The van der Waals surface area contributed by atoms with Gasteiger partial charge in [0.05, 0.1) is 0 Å². The Kier molecular flexibility index (Phi) is 6.57. The summed E-state index contributed by atoms with van der Waals surface area (Å²) in [7, 11) is 1.86. The minimum atomic E-state index is -0.378. The maximum Gasteiger partial charge on any atom is 0.227 e. The van der Waals surface area contributed by atoms with Gasteiger partial charge in [0, 0.05) is 47.2 Å². The van der Waals surface area contributed by atoms with E-state index in [4.69, 9.17) is 4.74 Å². The number of benzene rings is 1. The minimum Gasteiger partial charge on any atom is -0.492 e. The third-order valence-corrected chi connectivity index (χ3v) is 4.89. The number of nitrogens with zero attached hydrogens (tertiary/aromatic N) is 3. The normalized spacial score (nSPS) is 13.6. The van der Waals surface area contributed by atoms with E-state index >= 15 is 0 Å². The first-order chi connectivity index (χ1) is 13.5. The molecule has 0 bridgehead atoms. The van der Waals surface area contributed by atoms with Crippen molar-refractivity contribution in [3.63, 3.8) is 0 Å². The van der Waals surface area contributed by atoms with Gasteiger partial charge in [0.2, 0.25) is 5.91 Å². The third-order valence-electron chi connectivity index (χ3n) is 4.89. The Morgan fingerprint density at radius 1 is 1.25 bits per heavy atom. The maximum absolute atomic E-state index is 12.4. The molecule has 7 heteroatoms. The van der Waals surface area contributed by atoms with Crippen LogP contribution in [0.2, 0.25) is 0 Å². The molecule has 1 aliphatic rings. The Bertz CT molecular complexity index is 819. The van der Waals surface area contributed by atoms with E-state index in [1.54, 1.807) is 6.33 Å². The van der Waals surface area contributed by atoms with Crippen molar-refractivity contribution in [2.45, 2.75) is 26.7 Å². The number of likely N-dealkylation sites (N-methyl/N-ethyl adjacent to an activating group) is 1. The Balaban J connectivity index is 1.86. The number of nitrogens with one attached hydrogen (secondary N) is 1. The van der Waals surface area contributed by atoms with E-state index in [1.807, 2.05) is 44.0 Å². The van der Waals surface area contributed by atoms with E-state index in [1.165, 1.54) is 0 Å². The van der Waals surface area contributed by atoms with Crippen LogP contribution >= 0.6 is 0 Å². The zero-order chi connectivity index (χ0) is 20.1. The molecule has 0 atom stereocenters. The second-order valence-corrected chi connectivity index (χ2v) is 7.23. The summed E-state index contributed by atoms with van der Waals surface area (Å²) in [6.07, 6.45) is 3.45. The molecule has 1 amide bonds. The maximum atomic E-state index is 12.4. The number of amides is 1. The van der Waals surface area contributed by atoms with Gasteiger partial charge in [-0.15, -0.1) is 0 Å². The van der Waals surface area contributed by atoms with Crippen LogP contribution in [0.4, 0.5) is 10.1 Å². The number of rotatable bonds is 9. The van der Waals surface area contributed by atoms with Gasteiger partial charge in [-0.25, -0.2) is 14.4 Å². The third kappa shape index (κ3) is 5.04. The molecule has 0 saturated heterocycles. The zero-order valence-electron chi connectivity index (χ0n) is 16.7. The summed E-state index contributed by atoms with van der Waals surface area (Å²) in [6, 6.07) is 5.62. The highest BCUT2D eigenvalue weighted by molar-refractivity contribution is 5.95. The molecule has 1 N–H and O–H groups in total. The highest BCUT2D eigenvalue weighted by Gasteiger charge is 2.29. The van der Waals surface area contributed by atoms with Crippen molar-refractivity contribution < 1.29 is 13.9 Å². The first-order valence-corrected chi connectivity index (χ1v) is 9.60. The standard InChI is InChI=1S/C21H27FN4O2/c1-14-20(15(2)24-13-23-14)18-12-17(25-21(27)16-4-5-16)6-7-19(18)28-11-10-26(3)9-8-22/h6-7,12-13,16H,4-5,8-11H2,1-3H3,(H,25,27). The summed E-state index contributed by atoms with van der Waals surface area (Å²) >= 11 is 0. The van der Waals surface area contributed by atoms with E-state index < -0.39 is 0 Å². The van der Waals surface area contributed by atoms with Gasteiger partial charge in [0.1, 0.15) is 25.4 Å². The summed E-state index contributed by atoms with van der Waals surface area (Å²) in [4.78, 5) is 22.7. The summed E-state index contributed by atoms with van der Waals surface area (Å²) in [6.45, 7) is 4.91. The van der Waals surface area contributed by atoms with E-state index in [0.717, 1.165) is 41.0 Å². The molecule has 6 nitrogen and oxygen atoms in total. The number of alkyl halides is 1. The first kappa shape index (κ1) is 20.2. The number of halogens is 1. The molecule has 1 fully saturated rings. The molecule has 1 heterocycles. The summed E-state index contributed by atoms with van der Waals surface area (Å²) < 4.78 is 18.5. The summed E-state index contributed by atoms with van der Waals surface area (Å²) in [5, 5.41) is 2.99. The van der Waals surface area contributed by atoms with E-state index in [0.29, 0.717) is 25.4 Å². The molecule has 0 aliphatic heterocycles. The summed E-state index contributed by atoms with van der Waals surface area (Å²) in [5.74, 6) is 0.887. The highest BCUT2D eigenvalue weighted by Crippen LogP contribution is 2.36. The molecule has 150 valence electrons. The zero-order valence-corrected chi connectivity index (χ0v) is 16.7. The number of aromatic nitrogens is 2. The molecular formula is C21H27FN4O2. The van der Waals surface area contributed by atoms with Gasteiger partial charge in [0.15, 0.2) is 0 Å². The average molecular weight is 386 g/mol. The van der Waals surface area contributed by atoms with Crippen molar-refractivity contribution in [3.8, 4) is 16.9 Å². The van der Waals surface area contributed by atoms with Crippen LogP contribution in [-0.2, 0) is 4.79 Å². The van der Waals surface area contributed by atoms with Crippen molar-refractivity contribution in [2.24, 2.45) is 5.92 Å². The highest BCUT2D eigenvalue weighted by atomic mass is 19.1. The lowest BCUT2D eigenvalue weighted by Gasteiger charge is -2.18. The van der Waals surface area contributed by atoms with Gasteiger partial charge >= 0.3 is 0 Å². The van der Waals surface area contributed by atoms with Crippen LogP contribution in [-0.4, -0.2) is 54.2 Å². The van der Waals surface area contributed by atoms with E-state index in [-0.39, 0.29) is 18.5 Å². The average Bonchev–Trinajstić information content (AvgIpc) is 3.49. The predicted molar refractivity (Wildman–Crippen MR) is 107 cm³/mol. The van der Waals surface area contributed by atoms with Crippen LogP contribution in [0.25, 0.3) is 11.1 Å².